The number of nitrogen functional groups attached to an aromatic ring is 1. The number of hydrogen-bond acceptors (Lipinski definition) is 5. The van der Waals surface area contributed by atoms with Crippen molar-refractivity contribution in [1.82, 2.24) is 10.2 Å². The molecule has 1 rings (SSSR count). The maximum absolute atomic E-state index is 10.7. The molecule has 0 aliphatic heterocycles. The van der Waals surface area contributed by atoms with Crippen molar-refractivity contribution in [3.8, 4) is 0 Å². The summed E-state index contributed by atoms with van der Waals surface area (Å²) in [6.07, 6.45) is 2.02. The Kier molecular flexibility index (Phi) is 3.63. The molecule has 0 aliphatic rings. The lowest BCUT2D eigenvalue weighted by molar-refractivity contribution is -0.140. The van der Waals surface area contributed by atoms with Crippen molar-refractivity contribution in [2.75, 3.05) is 18.6 Å². The van der Waals surface area contributed by atoms with Crippen LogP contribution in [0.25, 0.3) is 0 Å². The van der Waals surface area contributed by atoms with E-state index in [-0.39, 0.29) is 5.97 Å². The Hall–Kier alpha value is -1.17. The Balaban J connectivity index is 2.28. The number of carbonyl (C=O) groups excluding carboxylic acids is 1. The number of aromatic nitrogens is 2. The Morgan fingerprint density at radius 2 is 2.62 bits per heavy atom. The second-order valence-electron chi connectivity index (χ2n) is 2.32. The van der Waals surface area contributed by atoms with Gasteiger partial charge in [-0.2, -0.15) is 5.10 Å². The number of aromatic amines is 1. The number of anilines is 1. The normalized spacial score (nSPS) is 9.92. The summed E-state index contributed by atoms with van der Waals surface area (Å²) in [5.74, 6) is 0.973. The lowest BCUT2D eigenvalue weighted by atomic mass is 10.5. The minimum absolute atomic E-state index is 0.213. The summed E-state index contributed by atoms with van der Waals surface area (Å²) in [4.78, 5) is 11.6. The molecular formula is C7H11N3O2S. The third-order valence-corrected chi connectivity index (χ3v) is 2.47. The molecule has 0 spiro atoms. The predicted molar refractivity (Wildman–Crippen MR) is 50.4 cm³/mol. The third kappa shape index (κ3) is 2.98. The monoisotopic (exact) mass is 201 g/mol. The van der Waals surface area contributed by atoms with Gasteiger partial charge in [0.25, 0.3) is 0 Å². The number of thioether (sulfide) groups is 1. The standard InChI is InChI=1S/C7H11N3O2S/c1-12-6(11)2-3-13-5-4-9-10-7(5)8/h4H,2-3H2,1H3,(H3,8,9,10). The van der Waals surface area contributed by atoms with Crippen molar-refractivity contribution < 1.29 is 9.53 Å². The largest absolute Gasteiger partial charge is 0.469 e. The highest BCUT2D eigenvalue weighted by molar-refractivity contribution is 7.99. The maximum Gasteiger partial charge on any atom is 0.306 e. The van der Waals surface area contributed by atoms with Crippen molar-refractivity contribution in [1.29, 1.82) is 0 Å². The molecule has 0 aliphatic carbocycles. The second kappa shape index (κ2) is 4.76. The van der Waals surface area contributed by atoms with E-state index in [1.54, 1.807) is 6.20 Å². The zero-order chi connectivity index (χ0) is 9.68. The van der Waals surface area contributed by atoms with Crippen LogP contribution in [0.15, 0.2) is 11.1 Å². The van der Waals surface area contributed by atoms with Crippen LogP contribution in [0.5, 0.6) is 0 Å². The lowest BCUT2D eigenvalue weighted by Gasteiger charge is -1.98. The van der Waals surface area contributed by atoms with Gasteiger partial charge in [-0.05, 0) is 0 Å². The van der Waals surface area contributed by atoms with Crippen LogP contribution in [-0.2, 0) is 9.53 Å². The molecule has 0 saturated carbocycles. The smallest absolute Gasteiger partial charge is 0.306 e. The molecule has 6 heteroatoms. The van der Waals surface area contributed by atoms with Crippen LogP contribution < -0.4 is 5.73 Å². The minimum Gasteiger partial charge on any atom is -0.469 e. The molecule has 0 amide bonds. The summed E-state index contributed by atoms with van der Waals surface area (Å²) in [6, 6.07) is 0. The lowest BCUT2D eigenvalue weighted by Crippen LogP contribution is -2.01. The van der Waals surface area contributed by atoms with Gasteiger partial charge in [0.2, 0.25) is 0 Å². The van der Waals surface area contributed by atoms with Crippen molar-refractivity contribution in [3.05, 3.63) is 6.20 Å². The fourth-order valence-corrected chi connectivity index (χ4v) is 1.56. The molecule has 0 unspecified atom stereocenters. The van der Waals surface area contributed by atoms with Crippen LogP contribution >= 0.6 is 11.8 Å². The first kappa shape index (κ1) is 9.91. The molecule has 0 saturated heterocycles. The number of nitrogens with one attached hydrogen (secondary N) is 1. The van der Waals surface area contributed by atoms with E-state index in [9.17, 15) is 4.79 Å². The number of nitrogens with zero attached hydrogens (tertiary/aromatic N) is 1. The number of hydrogen-bond donors (Lipinski definition) is 2. The average molecular weight is 201 g/mol. The fourth-order valence-electron chi connectivity index (χ4n) is 0.746. The van der Waals surface area contributed by atoms with Gasteiger partial charge in [-0.3, -0.25) is 9.89 Å². The molecule has 0 radical (unpaired) electrons. The van der Waals surface area contributed by atoms with Crippen LogP contribution in [0.3, 0.4) is 0 Å². The van der Waals surface area contributed by atoms with Crippen molar-refractivity contribution in [3.63, 3.8) is 0 Å². The molecular weight excluding hydrogens is 190 g/mol. The van der Waals surface area contributed by atoms with Gasteiger partial charge in [0.05, 0.1) is 24.6 Å². The van der Waals surface area contributed by atoms with Crippen LogP contribution in [0.1, 0.15) is 6.42 Å². The van der Waals surface area contributed by atoms with Crippen molar-refractivity contribution >= 4 is 23.5 Å². The molecule has 13 heavy (non-hydrogen) atoms. The van der Waals surface area contributed by atoms with E-state index in [1.807, 2.05) is 0 Å². The predicted octanol–water partition coefficient (Wildman–Crippen LogP) is 0.647. The molecule has 0 atom stereocenters. The molecule has 0 aromatic carbocycles. The summed E-state index contributed by atoms with van der Waals surface area (Å²) >= 11 is 1.48. The van der Waals surface area contributed by atoms with Crippen molar-refractivity contribution in [2.45, 2.75) is 11.3 Å². The molecule has 1 heterocycles. The molecule has 3 N–H and O–H groups in total. The molecule has 1 aromatic heterocycles. The van der Waals surface area contributed by atoms with Crippen LogP contribution in [-0.4, -0.2) is 29.0 Å². The summed E-state index contributed by atoms with van der Waals surface area (Å²) < 4.78 is 4.49. The fraction of sp³-hybridized carbons (Fsp3) is 0.429. The summed E-state index contributed by atoms with van der Waals surface area (Å²) in [7, 11) is 1.37. The van der Waals surface area contributed by atoms with Gasteiger partial charge in [-0.15, -0.1) is 11.8 Å². The quantitative estimate of drug-likeness (QED) is 0.552. The van der Waals surface area contributed by atoms with Crippen molar-refractivity contribution in [2.24, 2.45) is 0 Å². The Bertz CT molecular complexity index is 287. The Morgan fingerprint density at radius 3 is 3.15 bits per heavy atom. The maximum atomic E-state index is 10.7. The highest BCUT2D eigenvalue weighted by atomic mass is 32.2. The van der Waals surface area contributed by atoms with E-state index < -0.39 is 0 Å². The molecule has 5 nitrogen and oxygen atoms in total. The first-order valence-electron chi connectivity index (χ1n) is 3.72. The SMILES string of the molecule is COC(=O)CCSc1cn[nH]c1N. The first-order valence-corrected chi connectivity index (χ1v) is 4.71. The van der Waals surface area contributed by atoms with Crippen LogP contribution in [0.4, 0.5) is 5.82 Å². The minimum atomic E-state index is -0.213. The molecule has 0 bridgehead atoms. The van der Waals surface area contributed by atoms with E-state index in [0.29, 0.717) is 18.0 Å². The number of esters is 1. The number of rotatable bonds is 4. The van der Waals surface area contributed by atoms with Gasteiger partial charge in [0.15, 0.2) is 0 Å². The highest BCUT2D eigenvalue weighted by Crippen LogP contribution is 2.22. The zero-order valence-electron chi connectivity index (χ0n) is 7.24. The van der Waals surface area contributed by atoms with Crippen LogP contribution in [0.2, 0.25) is 0 Å². The number of nitrogens with two attached hydrogens (primary N) is 1. The average Bonchev–Trinajstić information content (AvgIpc) is 2.52. The third-order valence-electron chi connectivity index (χ3n) is 1.42. The number of methoxy groups -OCH3 is 1. The topological polar surface area (TPSA) is 81.0 Å². The van der Waals surface area contributed by atoms with Gasteiger partial charge in [-0.25, -0.2) is 0 Å². The molecule has 0 fully saturated rings. The van der Waals surface area contributed by atoms with Gasteiger partial charge in [0.1, 0.15) is 5.82 Å². The van der Waals surface area contributed by atoms with Gasteiger partial charge in [-0.1, -0.05) is 0 Å². The van der Waals surface area contributed by atoms with Gasteiger partial charge >= 0.3 is 5.97 Å². The van der Waals surface area contributed by atoms with Gasteiger partial charge in [0, 0.05) is 5.75 Å². The van der Waals surface area contributed by atoms with E-state index in [0.717, 1.165) is 4.90 Å². The van der Waals surface area contributed by atoms with Gasteiger partial charge < -0.3 is 10.5 Å². The molecule has 72 valence electrons. The summed E-state index contributed by atoms with van der Waals surface area (Å²) in [5.41, 5.74) is 5.53. The number of ether oxygens (including phenoxy) is 1. The van der Waals surface area contributed by atoms with E-state index >= 15 is 0 Å². The Labute approximate surface area is 80.0 Å². The number of H-pyrrole nitrogens is 1. The van der Waals surface area contributed by atoms with E-state index in [1.165, 1.54) is 18.9 Å². The molecule has 1 aromatic rings. The summed E-state index contributed by atoms with van der Waals surface area (Å²) in [6.45, 7) is 0. The summed E-state index contributed by atoms with van der Waals surface area (Å²) in [5, 5.41) is 6.36. The van der Waals surface area contributed by atoms with E-state index in [2.05, 4.69) is 14.9 Å². The zero-order valence-corrected chi connectivity index (χ0v) is 8.06. The van der Waals surface area contributed by atoms with Crippen LogP contribution in [0, 0.1) is 0 Å². The highest BCUT2D eigenvalue weighted by Gasteiger charge is 2.04. The Morgan fingerprint density at radius 1 is 1.85 bits per heavy atom. The first-order chi connectivity index (χ1) is 6.24. The second-order valence-corrected chi connectivity index (χ2v) is 3.46. The number of carbonyl (C=O) groups is 1. The van der Waals surface area contributed by atoms with E-state index in [4.69, 9.17) is 5.73 Å².